The van der Waals surface area contributed by atoms with E-state index in [0.29, 0.717) is 29.9 Å². The molecule has 0 saturated carbocycles. The van der Waals surface area contributed by atoms with Gasteiger partial charge in [-0.2, -0.15) is 10.1 Å². The fourth-order valence-electron chi connectivity index (χ4n) is 1.78. The standard InChI is InChI=1S/C12H19N5O2/c1-12(2,3)17-9-8(7-14-17)10(19)16-11(15-9)13-5-4-6-18/h7,18H,4-6H2,1-3H3,(H2,13,15,16,19). The van der Waals surface area contributed by atoms with Crippen LogP contribution < -0.4 is 10.9 Å². The van der Waals surface area contributed by atoms with Crippen molar-refractivity contribution >= 4 is 17.0 Å². The van der Waals surface area contributed by atoms with Crippen LogP contribution in [0.3, 0.4) is 0 Å². The Balaban J connectivity index is 2.45. The molecule has 2 aromatic heterocycles. The molecule has 104 valence electrons. The van der Waals surface area contributed by atoms with E-state index < -0.39 is 0 Å². The van der Waals surface area contributed by atoms with Gasteiger partial charge in [0.2, 0.25) is 5.95 Å². The van der Waals surface area contributed by atoms with Crippen molar-refractivity contribution in [3.8, 4) is 0 Å². The second-order valence-electron chi connectivity index (χ2n) is 5.38. The second-order valence-corrected chi connectivity index (χ2v) is 5.38. The number of anilines is 1. The Morgan fingerprint density at radius 3 is 2.84 bits per heavy atom. The first-order valence-corrected chi connectivity index (χ1v) is 6.27. The maximum atomic E-state index is 11.9. The van der Waals surface area contributed by atoms with Crippen molar-refractivity contribution in [2.75, 3.05) is 18.5 Å². The highest BCUT2D eigenvalue weighted by molar-refractivity contribution is 5.74. The summed E-state index contributed by atoms with van der Waals surface area (Å²) in [6, 6.07) is 0. The van der Waals surface area contributed by atoms with Crippen molar-refractivity contribution in [1.29, 1.82) is 0 Å². The molecular formula is C12H19N5O2. The highest BCUT2D eigenvalue weighted by Gasteiger charge is 2.19. The maximum absolute atomic E-state index is 11.9. The summed E-state index contributed by atoms with van der Waals surface area (Å²) < 4.78 is 1.73. The first-order valence-electron chi connectivity index (χ1n) is 6.27. The molecule has 0 aliphatic carbocycles. The van der Waals surface area contributed by atoms with Crippen molar-refractivity contribution in [1.82, 2.24) is 19.7 Å². The SMILES string of the molecule is CC(C)(C)n1ncc2c(=O)[nH]c(NCCCO)nc21. The molecule has 0 spiro atoms. The van der Waals surface area contributed by atoms with Gasteiger partial charge in [0.15, 0.2) is 5.65 Å². The van der Waals surface area contributed by atoms with Gasteiger partial charge < -0.3 is 10.4 Å². The summed E-state index contributed by atoms with van der Waals surface area (Å²) >= 11 is 0. The number of nitrogens with zero attached hydrogens (tertiary/aromatic N) is 3. The van der Waals surface area contributed by atoms with Crippen LogP contribution in [0, 0.1) is 0 Å². The Labute approximate surface area is 110 Å². The number of aromatic nitrogens is 4. The summed E-state index contributed by atoms with van der Waals surface area (Å²) in [5, 5.41) is 16.4. The molecule has 0 fully saturated rings. The first-order chi connectivity index (χ1) is 8.93. The summed E-state index contributed by atoms with van der Waals surface area (Å²) in [7, 11) is 0. The molecule has 0 aromatic carbocycles. The smallest absolute Gasteiger partial charge is 0.263 e. The number of H-pyrrole nitrogens is 1. The van der Waals surface area contributed by atoms with Gasteiger partial charge in [-0.1, -0.05) is 0 Å². The van der Waals surface area contributed by atoms with E-state index in [1.165, 1.54) is 6.20 Å². The largest absolute Gasteiger partial charge is 0.396 e. The molecule has 0 atom stereocenters. The lowest BCUT2D eigenvalue weighted by Gasteiger charge is -2.19. The first kappa shape index (κ1) is 13.5. The maximum Gasteiger partial charge on any atom is 0.263 e. The zero-order chi connectivity index (χ0) is 14.0. The number of aliphatic hydroxyl groups excluding tert-OH is 1. The summed E-state index contributed by atoms with van der Waals surface area (Å²) in [4.78, 5) is 19.0. The van der Waals surface area contributed by atoms with Gasteiger partial charge in [0.1, 0.15) is 5.39 Å². The van der Waals surface area contributed by atoms with Gasteiger partial charge >= 0.3 is 0 Å². The lowest BCUT2D eigenvalue weighted by Crippen LogP contribution is -2.24. The Hall–Kier alpha value is -1.89. The molecule has 0 radical (unpaired) electrons. The van der Waals surface area contributed by atoms with E-state index in [-0.39, 0.29) is 17.7 Å². The normalized spacial score (nSPS) is 12.0. The highest BCUT2D eigenvalue weighted by Crippen LogP contribution is 2.18. The molecular weight excluding hydrogens is 246 g/mol. The third kappa shape index (κ3) is 2.76. The predicted octanol–water partition coefficient (Wildman–Crippen LogP) is 0.669. The summed E-state index contributed by atoms with van der Waals surface area (Å²) in [6.45, 7) is 6.65. The zero-order valence-electron chi connectivity index (χ0n) is 11.4. The molecule has 0 aliphatic heterocycles. The molecule has 0 aliphatic rings. The quantitative estimate of drug-likeness (QED) is 0.706. The van der Waals surface area contributed by atoms with Crippen LogP contribution in [0.25, 0.3) is 11.0 Å². The van der Waals surface area contributed by atoms with Crippen LogP contribution in [0.5, 0.6) is 0 Å². The van der Waals surface area contributed by atoms with Crippen LogP contribution in [0.15, 0.2) is 11.0 Å². The fourth-order valence-corrected chi connectivity index (χ4v) is 1.78. The molecule has 3 N–H and O–H groups in total. The number of hydrogen-bond acceptors (Lipinski definition) is 5. The number of aromatic amines is 1. The average molecular weight is 265 g/mol. The second kappa shape index (κ2) is 5.00. The molecule has 7 nitrogen and oxygen atoms in total. The molecule has 0 bridgehead atoms. The lowest BCUT2D eigenvalue weighted by atomic mass is 10.1. The molecule has 2 aromatic rings. The van der Waals surface area contributed by atoms with Gasteiger partial charge in [-0.25, -0.2) is 4.68 Å². The molecule has 2 heterocycles. The predicted molar refractivity (Wildman–Crippen MR) is 73.3 cm³/mol. The van der Waals surface area contributed by atoms with Gasteiger partial charge in [-0.15, -0.1) is 0 Å². The third-order valence-electron chi connectivity index (χ3n) is 2.70. The van der Waals surface area contributed by atoms with Gasteiger partial charge in [-0.05, 0) is 27.2 Å². The van der Waals surface area contributed by atoms with E-state index in [1.807, 2.05) is 20.8 Å². The van der Waals surface area contributed by atoms with Crippen molar-refractivity contribution in [2.45, 2.75) is 32.7 Å². The Kier molecular flexibility index (Phi) is 3.57. The number of hydrogen-bond donors (Lipinski definition) is 3. The molecule has 0 unspecified atom stereocenters. The molecule has 19 heavy (non-hydrogen) atoms. The van der Waals surface area contributed by atoms with E-state index >= 15 is 0 Å². The molecule has 0 saturated heterocycles. The minimum Gasteiger partial charge on any atom is -0.396 e. The number of fused-ring (bicyclic) bond motifs is 1. The topological polar surface area (TPSA) is 95.8 Å². The average Bonchev–Trinajstić information content (AvgIpc) is 2.73. The lowest BCUT2D eigenvalue weighted by molar-refractivity contribution is 0.292. The summed E-state index contributed by atoms with van der Waals surface area (Å²) in [6.07, 6.45) is 2.13. The molecule has 2 rings (SSSR count). The number of rotatable bonds is 4. The van der Waals surface area contributed by atoms with Crippen molar-refractivity contribution in [3.63, 3.8) is 0 Å². The highest BCUT2D eigenvalue weighted by atomic mass is 16.3. The van der Waals surface area contributed by atoms with Crippen LogP contribution >= 0.6 is 0 Å². The van der Waals surface area contributed by atoms with Crippen LogP contribution in [-0.4, -0.2) is 38.0 Å². The van der Waals surface area contributed by atoms with Gasteiger partial charge in [-0.3, -0.25) is 9.78 Å². The van der Waals surface area contributed by atoms with E-state index in [0.717, 1.165) is 0 Å². The van der Waals surface area contributed by atoms with Crippen molar-refractivity contribution in [2.24, 2.45) is 0 Å². The van der Waals surface area contributed by atoms with E-state index in [2.05, 4.69) is 20.4 Å². The van der Waals surface area contributed by atoms with Crippen LogP contribution in [0.1, 0.15) is 27.2 Å². The van der Waals surface area contributed by atoms with Crippen molar-refractivity contribution in [3.05, 3.63) is 16.6 Å². The minimum absolute atomic E-state index is 0.0966. The zero-order valence-corrected chi connectivity index (χ0v) is 11.4. The van der Waals surface area contributed by atoms with Crippen LogP contribution in [-0.2, 0) is 5.54 Å². The van der Waals surface area contributed by atoms with Crippen molar-refractivity contribution < 1.29 is 5.11 Å². The van der Waals surface area contributed by atoms with Crippen LogP contribution in [0.2, 0.25) is 0 Å². The Morgan fingerprint density at radius 1 is 1.47 bits per heavy atom. The van der Waals surface area contributed by atoms with E-state index in [4.69, 9.17) is 5.11 Å². The minimum atomic E-state index is -0.245. The van der Waals surface area contributed by atoms with Gasteiger partial charge in [0.05, 0.1) is 11.7 Å². The number of nitrogens with one attached hydrogen (secondary N) is 2. The van der Waals surface area contributed by atoms with Gasteiger partial charge in [0.25, 0.3) is 5.56 Å². The summed E-state index contributed by atoms with van der Waals surface area (Å²) in [5.74, 6) is 0.400. The monoisotopic (exact) mass is 265 g/mol. The Morgan fingerprint density at radius 2 is 2.21 bits per heavy atom. The third-order valence-corrected chi connectivity index (χ3v) is 2.70. The Bertz CT molecular complexity index is 623. The van der Waals surface area contributed by atoms with E-state index in [9.17, 15) is 4.79 Å². The fraction of sp³-hybridized carbons (Fsp3) is 0.583. The van der Waals surface area contributed by atoms with Gasteiger partial charge in [0, 0.05) is 13.2 Å². The number of aliphatic hydroxyl groups is 1. The van der Waals surface area contributed by atoms with E-state index in [1.54, 1.807) is 4.68 Å². The molecule has 0 amide bonds. The van der Waals surface area contributed by atoms with Crippen LogP contribution in [0.4, 0.5) is 5.95 Å². The summed E-state index contributed by atoms with van der Waals surface area (Å²) in [5.41, 5.74) is 0.0972. The molecule has 7 heteroatoms.